The molecule has 9 nitrogen and oxygen atoms in total. The smallest absolute Gasteiger partial charge is 0.326 e. The molecule has 0 spiro atoms. The first-order chi connectivity index (χ1) is 12.9. The SMILES string of the molecule is O=C(COC(=O)Cn1cnc2ccccc21)Nc1cc([N+](=O)[O-])ccc1F. The number of non-ortho nitro benzene ring substituents is 1. The third-order valence-electron chi connectivity index (χ3n) is 3.63. The van der Waals surface area contributed by atoms with E-state index in [2.05, 4.69) is 10.3 Å². The molecular weight excluding hydrogens is 359 g/mol. The number of nitrogens with zero attached hydrogens (tertiary/aromatic N) is 3. The van der Waals surface area contributed by atoms with Crippen LogP contribution in [-0.2, 0) is 20.9 Å². The van der Waals surface area contributed by atoms with Crippen LogP contribution < -0.4 is 5.32 Å². The zero-order chi connectivity index (χ0) is 19.4. The average molecular weight is 372 g/mol. The molecule has 3 rings (SSSR count). The van der Waals surface area contributed by atoms with Crippen LogP contribution in [0.5, 0.6) is 0 Å². The van der Waals surface area contributed by atoms with Gasteiger partial charge in [-0.2, -0.15) is 0 Å². The van der Waals surface area contributed by atoms with E-state index in [1.165, 1.54) is 6.33 Å². The Morgan fingerprint density at radius 3 is 2.81 bits per heavy atom. The number of nitro groups is 1. The lowest BCUT2D eigenvalue weighted by Gasteiger charge is -2.08. The number of ether oxygens (including phenoxy) is 1. The number of imidazole rings is 1. The van der Waals surface area contributed by atoms with Crippen molar-refractivity contribution in [3.63, 3.8) is 0 Å². The predicted octanol–water partition coefficient (Wildman–Crippen LogP) is 2.27. The number of esters is 1. The molecule has 0 aliphatic carbocycles. The lowest BCUT2D eigenvalue weighted by atomic mass is 10.2. The van der Waals surface area contributed by atoms with Crippen molar-refractivity contribution in [2.45, 2.75) is 6.54 Å². The number of carbonyl (C=O) groups excluding carboxylic acids is 2. The Bertz CT molecular complexity index is 1030. The number of anilines is 1. The fourth-order valence-corrected chi connectivity index (χ4v) is 2.38. The Kier molecular flexibility index (Phi) is 5.06. The summed E-state index contributed by atoms with van der Waals surface area (Å²) in [5.74, 6) is -2.35. The third-order valence-corrected chi connectivity index (χ3v) is 3.63. The standard InChI is InChI=1S/C17H13FN4O5/c18-12-6-5-11(22(25)26)7-14(12)20-16(23)9-27-17(24)8-21-10-19-13-3-1-2-4-15(13)21/h1-7,10H,8-9H2,(H,20,23). The molecule has 0 unspecified atom stereocenters. The van der Waals surface area contributed by atoms with Gasteiger partial charge in [0.25, 0.3) is 11.6 Å². The number of benzene rings is 2. The molecular formula is C17H13FN4O5. The minimum absolute atomic E-state index is 0.154. The fraction of sp³-hybridized carbons (Fsp3) is 0.118. The Morgan fingerprint density at radius 1 is 1.26 bits per heavy atom. The number of hydrogen-bond donors (Lipinski definition) is 1. The van der Waals surface area contributed by atoms with Crippen molar-refractivity contribution < 1.29 is 23.6 Å². The summed E-state index contributed by atoms with van der Waals surface area (Å²) in [4.78, 5) is 37.8. The van der Waals surface area contributed by atoms with Gasteiger partial charge in [0.2, 0.25) is 0 Å². The van der Waals surface area contributed by atoms with Crippen LogP contribution in [0.2, 0.25) is 0 Å². The highest BCUT2D eigenvalue weighted by molar-refractivity contribution is 5.93. The van der Waals surface area contributed by atoms with Crippen molar-refractivity contribution in [3.05, 3.63) is 64.7 Å². The van der Waals surface area contributed by atoms with E-state index in [0.29, 0.717) is 5.52 Å². The van der Waals surface area contributed by atoms with Crippen LogP contribution in [0.4, 0.5) is 15.8 Å². The second kappa shape index (κ2) is 7.60. The molecule has 0 fully saturated rings. The highest BCUT2D eigenvalue weighted by Gasteiger charge is 2.15. The summed E-state index contributed by atoms with van der Waals surface area (Å²) >= 11 is 0. The summed E-state index contributed by atoms with van der Waals surface area (Å²) < 4.78 is 20.1. The molecule has 1 heterocycles. The van der Waals surface area contributed by atoms with Gasteiger partial charge in [0.15, 0.2) is 6.61 Å². The number of hydrogen-bond acceptors (Lipinski definition) is 6. The molecule has 10 heteroatoms. The van der Waals surface area contributed by atoms with Crippen molar-refractivity contribution in [1.82, 2.24) is 9.55 Å². The van der Waals surface area contributed by atoms with Gasteiger partial charge < -0.3 is 14.6 Å². The first kappa shape index (κ1) is 18.0. The van der Waals surface area contributed by atoms with Gasteiger partial charge >= 0.3 is 5.97 Å². The van der Waals surface area contributed by atoms with Crippen molar-refractivity contribution in [1.29, 1.82) is 0 Å². The van der Waals surface area contributed by atoms with Gasteiger partial charge in [-0.3, -0.25) is 19.7 Å². The number of para-hydroxylation sites is 2. The number of carbonyl (C=O) groups is 2. The van der Waals surface area contributed by atoms with Crippen molar-refractivity contribution in [3.8, 4) is 0 Å². The fourth-order valence-electron chi connectivity index (χ4n) is 2.38. The van der Waals surface area contributed by atoms with Crippen LogP contribution in [-0.4, -0.2) is 33.0 Å². The van der Waals surface area contributed by atoms with E-state index in [0.717, 1.165) is 23.7 Å². The maximum atomic E-state index is 13.6. The maximum absolute atomic E-state index is 13.6. The van der Waals surface area contributed by atoms with Gasteiger partial charge in [0, 0.05) is 12.1 Å². The Hall–Kier alpha value is -3.82. The van der Waals surface area contributed by atoms with E-state index >= 15 is 0 Å². The predicted molar refractivity (Wildman–Crippen MR) is 92.4 cm³/mol. The number of nitro benzene ring substituents is 1. The first-order valence-corrected chi connectivity index (χ1v) is 7.73. The molecule has 0 saturated heterocycles. The van der Waals surface area contributed by atoms with Crippen LogP contribution >= 0.6 is 0 Å². The van der Waals surface area contributed by atoms with Gasteiger partial charge in [0.05, 0.1) is 28.0 Å². The van der Waals surface area contributed by atoms with Crippen molar-refractivity contribution in [2.24, 2.45) is 0 Å². The van der Waals surface area contributed by atoms with E-state index in [9.17, 15) is 24.1 Å². The third kappa shape index (κ3) is 4.24. The molecule has 3 aromatic rings. The minimum Gasteiger partial charge on any atom is -0.454 e. The van der Waals surface area contributed by atoms with Crippen molar-refractivity contribution in [2.75, 3.05) is 11.9 Å². The largest absolute Gasteiger partial charge is 0.454 e. The zero-order valence-corrected chi connectivity index (χ0v) is 13.8. The van der Waals surface area contributed by atoms with E-state index in [1.54, 1.807) is 22.8 Å². The van der Waals surface area contributed by atoms with Gasteiger partial charge in [-0.1, -0.05) is 12.1 Å². The molecule has 1 amide bonds. The molecule has 0 bridgehead atoms. The Morgan fingerprint density at radius 2 is 2.04 bits per heavy atom. The summed E-state index contributed by atoms with van der Waals surface area (Å²) in [5.41, 5.74) is 0.697. The second-order valence-corrected chi connectivity index (χ2v) is 5.49. The monoisotopic (exact) mass is 372 g/mol. The number of fused-ring (bicyclic) bond motifs is 1. The van der Waals surface area contributed by atoms with Gasteiger partial charge in [0.1, 0.15) is 12.4 Å². The van der Waals surface area contributed by atoms with Crippen LogP contribution in [0.15, 0.2) is 48.8 Å². The normalized spacial score (nSPS) is 10.6. The lowest BCUT2D eigenvalue weighted by molar-refractivity contribution is -0.384. The van der Waals surface area contributed by atoms with Gasteiger partial charge in [-0.25, -0.2) is 9.37 Å². The summed E-state index contributed by atoms with van der Waals surface area (Å²) in [6.45, 7) is -0.813. The number of halogens is 1. The highest BCUT2D eigenvalue weighted by atomic mass is 19.1. The zero-order valence-electron chi connectivity index (χ0n) is 13.8. The molecule has 138 valence electrons. The Balaban J connectivity index is 1.57. The number of nitrogens with one attached hydrogen (secondary N) is 1. The molecule has 27 heavy (non-hydrogen) atoms. The second-order valence-electron chi connectivity index (χ2n) is 5.49. The number of rotatable bonds is 6. The van der Waals surface area contributed by atoms with E-state index < -0.39 is 29.2 Å². The van der Waals surface area contributed by atoms with Gasteiger partial charge in [-0.05, 0) is 18.2 Å². The lowest BCUT2D eigenvalue weighted by Crippen LogP contribution is -2.23. The van der Waals surface area contributed by atoms with Gasteiger partial charge in [-0.15, -0.1) is 0 Å². The summed E-state index contributed by atoms with van der Waals surface area (Å²) in [7, 11) is 0. The number of aromatic nitrogens is 2. The topological polar surface area (TPSA) is 116 Å². The molecule has 1 N–H and O–H groups in total. The van der Waals surface area contributed by atoms with Crippen LogP contribution in [0.3, 0.4) is 0 Å². The highest BCUT2D eigenvalue weighted by Crippen LogP contribution is 2.21. The molecule has 0 radical (unpaired) electrons. The minimum atomic E-state index is -0.842. The summed E-state index contributed by atoms with van der Waals surface area (Å²) in [6, 6.07) is 9.91. The Labute approximate surface area is 151 Å². The molecule has 1 aromatic heterocycles. The molecule has 2 aromatic carbocycles. The quantitative estimate of drug-likeness (QED) is 0.403. The maximum Gasteiger partial charge on any atom is 0.326 e. The molecule has 0 saturated carbocycles. The average Bonchev–Trinajstić information content (AvgIpc) is 3.05. The summed E-state index contributed by atoms with van der Waals surface area (Å²) in [5, 5.41) is 12.8. The summed E-state index contributed by atoms with van der Waals surface area (Å²) in [6.07, 6.45) is 1.48. The van der Waals surface area contributed by atoms with E-state index in [4.69, 9.17) is 4.74 Å². The van der Waals surface area contributed by atoms with Crippen molar-refractivity contribution >= 4 is 34.3 Å². The molecule has 0 atom stereocenters. The van der Waals surface area contributed by atoms with Crippen LogP contribution in [0.25, 0.3) is 11.0 Å². The molecule has 0 aliphatic rings. The molecule has 0 aliphatic heterocycles. The van der Waals surface area contributed by atoms with E-state index in [-0.39, 0.29) is 17.9 Å². The first-order valence-electron chi connectivity index (χ1n) is 7.73. The van der Waals surface area contributed by atoms with Crippen LogP contribution in [0.1, 0.15) is 0 Å². The van der Waals surface area contributed by atoms with Crippen LogP contribution in [0, 0.1) is 15.9 Å². The number of amides is 1. The van der Waals surface area contributed by atoms with E-state index in [1.807, 2.05) is 6.07 Å².